The minimum atomic E-state index is -0.185. The van der Waals surface area contributed by atoms with Crippen molar-refractivity contribution in [2.24, 2.45) is 0 Å². The van der Waals surface area contributed by atoms with E-state index in [2.05, 4.69) is 5.32 Å². The van der Waals surface area contributed by atoms with Gasteiger partial charge in [0.15, 0.2) is 0 Å². The van der Waals surface area contributed by atoms with Crippen molar-refractivity contribution < 1.29 is 4.79 Å². The number of benzene rings is 2. The number of hydrogen-bond donors (Lipinski definition) is 3. The van der Waals surface area contributed by atoms with Crippen molar-refractivity contribution in [3.8, 4) is 0 Å². The smallest absolute Gasteiger partial charge is 0.255 e. The molecule has 2 aromatic rings. The number of carbonyl (C=O) groups is 1. The highest BCUT2D eigenvalue weighted by molar-refractivity contribution is 6.04. The van der Waals surface area contributed by atoms with E-state index in [1.165, 1.54) is 0 Å². The zero-order chi connectivity index (χ0) is 12.3. The first-order chi connectivity index (χ1) is 8.15. The first-order valence-electron chi connectivity index (χ1n) is 5.17. The largest absolute Gasteiger partial charge is 0.399 e. The van der Waals surface area contributed by atoms with Gasteiger partial charge in [-0.2, -0.15) is 0 Å². The fourth-order valence-corrected chi connectivity index (χ4v) is 1.54. The second kappa shape index (κ2) is 4.57. The average molecular weight is 227 g/mol. The van der Waals surface area contributed by atoms with Gasteiger partial charge in [0.25, 0.3) is 5.91 Å². The summed E-state index contributed by atoms with van der Waals surface area (Å²) in [5.41, 5.74) is 13.5. The molecule has 0 aliphatic rings. The van der Waals surface area contributed by atoms with Gasteiger partial charge in [-0.3, -0.25) is 4.79 Å². The highest BCUT2D eigenvalue weighted by Gasteiger charge is 2.05. The third-order valence-corrected chi connectivity index (χ3v) is 2.27. The van der Waals surface area contributed by atoms with E-state index in [0.29, 0.717) is 22.6 Å². The van der Waals surface area contributed by atoms with Crippen LogP contribution in [0.1, 0.15) is 10.4 Å². The monoisotopic (exact) mass is 227 g/mol. The Hall–Kier alpha value is -2.49. The van der Waals surface area contributed by atoms with Crippen LogP contribution < -0.4 is 16.8 Å². The molecule has 2 rings (SSSR count). The van der Waals surface area contributed by atoms with Gasteiger partial charge in [-0.05, 0) is 30.3 Å². The summed E-state index contributed by atoms with van der Waals surface area (Å²) in [5, 5.41) is 2.74. The topological polar surface area (TPSA) is 81.1 Å². The predicted molar refractivity (Wildman–Crippen MR) is 69.7 cm³/mol. The van der Waals surface area contributed by atoms with Crippen LogP contribution in [-0.4, -0.2) is 5.91 Å². The van der Waals surface area contributed by atoms with Gasteiger partial charge >= 0.3 is 0 Å². The summed E-state index contributed by atoms with van der Waals surface area (Å²) in [6.07, 6.45) is 0. The lowest BCUT2D eigenvalue weighted by Crippen LogP contribution is -2.12. The molecular weight excluding hydrogens is 214 g/mol. The Morgan fingerprint density at radius 1 is 0.941 bits per heavy atom. The number of rotatable bonds is 2. The van der Waals surface area contributed by atoms with Gasteiger partial charge in [-0.1, -0.05) is 18.2 Å². The number of nitrogens with two attached hydrogens (primary N) is 2. The first kappa shape index (κ1) is 11.0. The zero-order valence-corrected chi connectivity index (χ0v) is 9.18. The van der Waals surface area contributed by atoms with Crippen LogP contribution in [0.4, 0.5) is 17.1 Å². The summed E-state index contributed by atoms with van der Waals surface area (Å²) in [4.78, 5) is 11.8. The molecule has 2 aromatic carbocycles. The van der Waals surface area contributed by atoms with Gasteiger partial charge in [-0.15, -0.1) is 0 Å². The third kappa shape index (κ3) is 2.75. The molecule has 4 heteroatoms. The second-order valence-electron chi connectivity index (χ2n) is 3.71. The van der Waals surface area contributed by atoms with E-state index in [9.17, 15) is 4.79 Å². The van der Waals surface area contributed by atoms with E-state index >= 15 is 0 Å². The zero-order valence-electron chi connectivity index (χ0n) is 9.18. The van der Waals surface area contributed by atoms with E-state index in [1.54, 1.807) is 30.3 Å². The molecular formula is C13H13N3O. The van der Waals surface area contributed by atoms with Gasteiger partial charge in [0, 0.05) is 22.6 Å². The number of anilines is 3. The van der Waals surface area contributed by atoms with Crippen LogP contribution in [0.5, 0.6) is 0 Å². The number of hydrogen-bond acceptors (Lipinski definition) is 3. The van der Waals surface area contributed by atoms with Crippen LogP contribution >= 0.6 is 0 Å². The van der Waals surface area contributed by atoms with Crippen LogP contribution in [-0.2, 0) is 0 Å². The summed E-state index contributed by atoms with van der Waals surface area (Å²) in [6.45, 7) is 0. The van der Waals surface area contributed by atoms with Crippen molar-refractivity contribution in [3.63, 3.8) is 0 Å². The maximum Gasteiger partial charge on any atom is 0.255 e. The number of amides is 1. The lowest BCUT2D eigenvalue weighted by Gasteiger charge is -2.07. The Balaban J connectivity index is 2.19. The summed E-state index contributed by atoms with van der Waals surface area (Å²) < 4.78 is 0. The van der Waals surface area contributed by atoms with E-state index < -0.39 is 0 Å². The number of nitrogen functional groups attached to an aromatic ring is 2. The average Bonchev–Trinajstić information content (AvgIpc) is 2.28. The van der Waals surface area contributed by atoms with E-state index in [4.69, 9.17) is 11.5 Å². The molecule has 4 nitrogen and oxygen atoms in total. The van der Waals surface area contributed by atoms with Gasteiger partial charge in [-0.25, -0.2) is 0 Å². The van der Waals surface area contributed by atoms with Gasteiger partial charge in [0.2, 0.25) is 0 Å². The molecule has 0 spiro atoms. The molecule has 0 atom stereocenters. The summed E-state index contributed by atoms with van der Waals surface area (Å²) in [6, 6.07) is 13.9. The van der Waals surface area contributed by atoms with Crippen molar-refractivity contribution in [1.29, 1.82) is 0 Å². The molecule has 0 unspecified atom stereocenters. The summed E-state index contributed by atoms with van der Waals surface area (Å²) in [5.74, 6) is -0.185. The predicted octanol–water partition coefficient (Wildman–Crippen LogP) is 2.10. The molecule has 5 N–H and O–H groups in total. The van der Waals surface area contributed by atoms with Crippen LogP contribution in [0, 0.1) is 0 Å². The van der Waals surface area contributed by atoms with Crippen molar-refractivity contribution in [2.75, 3.05) is 16.8 Å². The Bertz CT molecular complexity index is 517. The van der Waals surface area contributed by atoms with Crippen molar-refractivity contribution in [2.45, 2.75) is 0 Å². The quantitative estimate of drug-likeness (QED) is 0.687. The SMILES string of the molecule is Nc1cc(N)cc(NC(=O)c2ccccc2)c1. The molecule has 0 saturated heterocycles. The Morgan fingerprint density at radius 2 is 1.53 bits per heavy atom. The van der Waals surface area contributed by atoms with Gasteiger partial charge in [0.05, 0.1) is 0 Å². The van der Waals surface area contributed by atoms with Crippen molar-refractivity contribution in [3.05, 3.63) is 54.1 Å². The minimum absolute atomic E-state index is 0.185. The summed E-state index contributed by atoms with van der Waals surface area (Å²) in [7, 11) is 0. The van der Waals surface area contributed by atoms with Gasteiger partial charge in [0.1, 0.15) is 0 Å². The molecule has 0 aromatic heterocycles. The van der Waals surface area contributed by atoms with Crippen molar-refractivity contribution >= 4 is 23.0 Å². The second-order valence-corrected chi connectivity index (χ2v) is 3.71. The lowest BCUT2D eigenvalue weighted by molar-refractivity contribution is 0.102. The fourth-order valence-electron chi connectivity index (χ4n) is 1.54. The molecule has 0 bridgehead atoms. The Labute approximate surface area is 99.2 Å². The van der Waals surface area contributed by atoms with Crippen LogP contribution in [0.3, 0.4) is 0 Å². The molecule has 0 aliphatic carbocycles. The minimum Gasteiger partial charge on any atom is -0.399 e. The Kier molecular flexibility index (Phi) is 2.96. The molecule has 0 heterocycles. The highest BCUT2D eigenvalue weighted by atomic mass is 16.1. The lowest BCUT2D eigenvalue weighted by atomic mass is 10.2. The van der Waals surface area contributed by atoms with E-state index in [0.717, 1.165) is 0 Å². The molecule has 0 aliphatic heterocycles. The van der Waals surface area contributed by atoms with Crippen molar-refractivity contribution in [1.82, 2.24) is 0 Å². The van der Waals surface area contributed by atoms with E-state index in [1.807, 2.05) is 18.2 Å². The molecule has 0 radical (unpaired) electrons. The fraction of sp³-hybridized carbons (Fsp3) is 0. The van der Waals surface area contributed by atoms with Crippen LogP contribution in [0.25, 0.3) is 0 Å². The third-order valence-electron chi connectivity index (χ3n) is 2.27. The molecule has 86 valence electrons. The summed E-state index contributed by atoms with van der Waals surface area (Å²) >= 11 is 0. The molecule has 17 heavy (non-hydrogen) atoms. The normalized spacial score (nSPS) is 9.88. The molecule has 0 fully saturated rings. The highest BCUT2D eigenvalue weighted by Crippen LogP contribution is 2.18. The first-order valence-corrected chi connectivity index (χ1v) is 5.17. The van der Waals surface area contributed by atoms with Crippen LogP contribution in [0.2, 0.25) is 0 Å². The Morgan fingerprint density at radius 3 is 2.12 bits per heavy atom. The number of nitrogens with one attached hydrogen (secondary N) is 1. The van der Waals surface area contributed by atoms with Gasteiger partial charge < -0.3 is 16.8 Å². The molecule has 0 saturated carbocycles. The number of carbonyl (C=O) groups excluding carboxylic acids is 1. The van der Waals surface area contributed by atoms with E-state index in [-0.39, 0.29) is 5.91 Å². The standard InChI is InChI=1S/C13H13N3O/c14-10-6-11(15)8-12(7-10)16-13(17)9-4-2-1-3-5-9/h1-8H,14-15H2,(H,16,17). The van der Waals surface area contributed by atoms with Crippen LogP contribution in [0.15, 0.2) is 48.5 Å². The maximum absolute atomic E-state index is 11.8. The molecule has 1 amide bonds. The maximum atomic E-state index is 11.8.